The molecule has 4 nitrogen and oxygen atoms in total. The maximum atomic E-state index is 11.8. The van der Waals surface area contributed by atoms with E-state index in [0.29, 0.717) is 13.1 Å². The third-order valence-corrected chi connectivity index (χ3v) is 4.13. The Bertz CT molecular complexity index is 268. The molecular weight excluding hydrogens is 276 g/mol. The Hall–Kier alpha value is -0.610. The van der Waals surface area contributed by atoms with Gasteiger partial charge in [-0.05, 0) is 6.42 Å². The lowest BCUT2D eigenvalue weighted by molar-refractivity contribution is -0.892. The number of rotatable bonds is 15. The van der Waals surface area contributed by atoms with Gasteiger partial charge in [0.2, 0.25) is 5.91 Å². The molecule has 0 saturated carbocycles. The first-order valence-electron chi connectivity index (χ1n) is 9.21. The molecular formula is C18H39N2O2+. The van der Waals surface area contributed by atoms with E-state index in [1.54, 1.807) is 0 Å². The van der Waals surface area contributed by atoms with Gasteiger partial charge >= 0.3 is 0 Å². The summed E-state index contributed by atoms with van der Waals surface area (Å²) in [7, 11) is 4.16. The quantitative estimate of drug-likeness (QED) is 0.276. The largest absolute Gasteiger partial charge is 0.396 e. The van der Waals surface area contributed by atoms with Crippen LogP contribution in [-0.4, -0.2) is 49.4 Å². The SMILES string of the molecule is CCCCCCCCCCCC(=O)NC[N+](C)(C)CCCO. The van der Waals surface area contributed by atoms with Gasteiger partial charge in [0.05, 0.1) is 20.6 Å². The molecule has 0 spiro atoms. The van der Waals surface area contributed by atoms with Crippen molar-refractivity contribution in [3.05, 3.63) is 0 Å². The molecule has 0 aromatic rings. The second-order valence-electron chi connectivity index (χ2n) is 7.07. The summed E-state index contributed by atoms with van der Waals surface area (Å²) in [4.78, 5) is 11.8. The molecule has 0 fully saturated rings. The Balaban J connectivity index is 3.42. The maximum Gasteiger partial charge on any atom is 0.224 e. The normalized spacial score (nSPS) is 11.6. The fraction of sp³-hybridized carbons (Fsp3) is 0.944. The van der Waals surface area contributed by atoms with Gasteiger partial charge < -0.3 is 14.9 Å². The molecule has 22 heavy (non-hydrogen) atoms. The van der Waals surface area contributed by atoms with E-state index in [1.165, 1.54) is 51.4 Å². The van der Waals surface area contributed by atoms with E-state index in [1.807, 2.05) is 0 Å². The van der Waals surface area contributed by atoms with Crippen molar-refractivity contribution in [1.82, 2.24) is 5.32 Å². The van der Waals surface area contributed by atoms with Gasteiger partial charge in [0.1, 0.15) is 0 Å². The van der Waals surface area contributed by atoms with Gasteiger partial charge in [0.15, 0.2) is 6.67 Å². The van der Waals surface area contributed by atoms with E-state index >= 15 is 0 Å². The van der Waals surface area contributed by atoms with Crippen molar-refractivity contribution in [2.75, 3.05) is 33.9 Å². The maximum absolute atomic E-state index is 11.8. The van der Waals surface area contributed by atoms with Crippen molar-refractivity contribution in [2.45, 2.75) is 77.6 Å². The van der Waals surface area contributed by atoms with Gasteiger partial charge in [-0.1, -0.05) is 58.3 Å². The van der Waals surface area contributed by atoms with Crippen LogP contribution in [0.1, 0.15) is 77.6 Å². The molecule has 4 heteroatoms. The molecule has 0 aromatic heterocycles. The Morgan fingerprint density at radius 2 is 1.45 bits per heavy atom. The van der Waals surface area contributed by atoms with Crippen molar-refractivity contribution < 1.29 is 14.4 Å². The number of unbranched alkanes of at least 4 members (excludes halogenated alkanes) is 8. The molecule has 132 valence electrons. The highest BCUT2D eigenvalue weighted by molar-refractivity contribution is 5.75. The number of aliphatic hydroxyl groups is 1. The van der Waals surface area contributed by atoms with E-state index in [-0.39, 0.29) is 12.5 Å². The highest BCUT2D eigenvalue weighted by Crippen LogP contribution is 2.10. The zero-order chi connectivity index (χ0) is 16.7. The van der Waals surface area contributed by atoms with Gasteiger partial charge in [0.25, 0.3) is 0 Å². The summed E-state index contributed by atoms with van der Waals surface area (Å²) in [6, 6.07) is 0. The predicted molar refractivity (Wildman–Crippen MR) is 93.5 cm³/mol. The van der Waals surface area contributed by atoms with Crippen molar-refractivity contribution in [3.63, 3.8) is 0 Å². The number of hydrogen-bond acceptors (Lipinski definition) is 2. The molecule has 0 aliphatic carbocycles. The third kappa shape index (κ3) is 14.3. The van der Waals surface area contributed by atoms with Crippen molar-refractivity contribution in [2.24, 2.45) is 0 Å². The number of carbonyl (C=O) groups is 1. The van der Waals surface area contributed by atoms with Crippen LogP contribution >= 0.6 is 0 Å². The van der Waals surface area contributed by atoms with Crippen LogP contribution in [0.4, 0.5) is 0 Å². The highest BCUT2D eigenvalue weighted by Gasteiger charge is 2.15. The fourth-order valence-corrected chi connectivity index (χ4v) is 2.56. The molecule has 0 bridgehead atoms. The topological polar surface area (TPSA) is 49.3 Å². The molecule has 1 amide bonds. The fourth-order valence-electron chi connectivity index (χ4n) is 2.56. The van der Waals surface area contributed by atoms with E-state index in [9.17, 15) is 4.79 Å². The predicted octanol–water partition coefficient (Wildman–Crippen LogP) is 3.44. The first-order chi connectivity index (χ1) is 10.5. The lowest BCUT2D eigenvalue weighted by Crippen LogP contribution is -2.49. The first-order valence-corrected chi connectivity index (χ1v) is 9.21. The average Bonchev–Trinajstić information content (AvgIpc) is 2.49. The number of hydrogen-bond donors (Lipinski definition) is 2. The van der Waals surface area contributed by atoms with Crippen LogP contribution in [0.2, 0.25) is 0 Å². The summed E-state index contributed by atoms with van der Waals surface area (Å²) in [5.41, 5.74) is 0. The number of nitrogens with zero attached hydrogens (tertiary/aromatic N) is 1. The van der Waals surface area contributed by atoms with E-state index in [4.69, 9.17) is 5.11 Å². The Morgan fingerprint density at radius 3 is 2.00 bits per heavy atom. The lowest BCUT2D eigenvalue weighted by Gasteiger charge is -2.29. The van der Waals surface area contributed by atoms with Crippen LogP contribution in [0.25, 0.3) is 0 Å². The van der Waals surface area contributed by atoms with Gasteiger partial charge in [-0.15, -0.1) is 0 Å². The summed E-state index contributed by atoms with van der Waals surface area (Å²) < 4.78 is 0.726. The molecule has 0 aliphatic rings. The lowest BCUT2D eigenvalue weighted by atomic mass is 10.1. The van der Waals surface area contributed by atoms with Crippen molar-refractivity contribution in [1.29, 1.82) is 0 Å². The molecule has 0 aromatic carbocycles. The van der Waals surface area contributed by atoms with Gasteiger partial charge in [-0.2, -0.15) is 0 Å². The van der Waals surface area contributed by atoms with Gasteiger partial charge in [-0.25, -0.2) is 0 Å². The van der Waals surface area contributed by atoms with E-state index in [0.717, 1.165) is 23.9 Å². The second-order valence-corrected chi connectivity index (χ2v) is 7.07. The van der Waals surface area contributed by atoms with E-state index in [2.05, 4.69) is 26.3 Å². The first kappa shape index (κ1) is 21.4. The molecule has 0 unspecified atom stereocenters. The number of aliphatic hydroxyl groups excluding tert-OH is 1. The standard InChI is InChI=1S/C18H38N2O2/c1-4-5-6-7-8-9-10-11-12-14-18(22)19-17-20(2,3)15-13-16-21/h21H,4-17H2,1-3H3/p+1. The highest BCUT2D eigenvalue weighted by atomic mass is 16.3. The monoisotopic (exact) mass is 315 g/mol. The molecule has 2 N–H and O–H groups in total. The van der Waals surface area contributed by atoms with Gasteiger partial charge in [0, 0.05) is 19.4 Å². The Kier molecular flexibility index (Phi) is 13.6. The molecule has 0 heterocycles. The average molecular weight is 316 g/mol. The summed E-state index contributed by atoms with van der Waals surface area (Å²) in [5, 5.41) is 11.9. The Morgan fingerprint density at radius 1 is 0.909 bits per heavy atom. The van der Waals surface area contributed by atoms with Crippen molar-refractivity contribution in [3.8, 4) is 0 Å². The number of amides is 1. The summed E-state index contributed by atoms with van der Waals surface area (Å²) in [6.07, 6.45) is 13.0. The van der Waals surface area contributed by atoms with Crippen LogP contribution in [0.15, 0.2) is 0 Å². The molecule has 0 rings (SSSR count). The van der Waals surface area contributed by atoms with E-state index < -0.39 is 0 Å². The second kappa shape index (κ2) is 14.0. The minimum absolute atomic E-state index is 0.165. The zero-order valence-corrected chi connectivity index (χ0v) is 15.2. The summed E-state index contributed by atoms with van der Waals surface area (Å²) >= 11 is 0. The van der Waals surface area contributed by atoms with Gasteiger partial charge in [-0.3, -0.25) is 4.79 Å². The molecule has 0 atom stereocenters. The Labute approximate surface area is 137 Å². The molecule has 0 aliphatic heterocycles. The van der Waals surface area contributed by atoms with Crippen LogP contribution in [0, 0.1) is 0 Å². The number of carbonyl (C=O) groups excluding carboxylic acids is 1. The van der Waals surface area contributed by atoms with Crippen LogP contribution in [-0.2, 0) is 4.79 Å². The number of quaternary nitrogens is 1. The van der Waals surface area contributed by atoms with Crippen molar-refractivity contribution >= 4 is 5.91 Å². The summed E-state index contributed by atoms with van der Waals surface area (Å²) in [5.74, 6) is 0.165. The smallest absolute Gasteiger partial charge is 0.224 e. The van der Waals surface area contributed by atoms with Crippen LogP contribution < -0.4 is 5.32 Å². The number of nitrogens with one attached hydrogen (secondary N) is 1. The molecule has 0 radical (unpaired) electrons. The van der Waals surface area contributed by atoms with Crippen LogP contribution in [0.3, 0.4) is 0 Å². The third-order valence-electron chi connectivity index (χ3n) is 4.13. The zero-order valence-electron chi connectivity index (χ0n) is 15.2. The minimum atomic E-state index is 0.165. The van der Waals surface area contributed by atoms with Crippen LogP contribution in [0.5, 0.6) is 0 Å². The summed E-state index contributed by atoms with van der Waals surface area (Å²) in [6.45, 7) is 4.00. The molecule has 0 saturated heterocycles. The minimum Gasteiger partial charge on any atom is -0.396 e.